The van der Waals surface area contributed by atoms with E-state index in [4.69, 9.17) is 4.74 Å². The van der Waals surface area contributed by atoms with Gasteiger partial charge in [0.25, 0.3) is 0 Å². The average Bonchev–Trinajstić information content (AvgIpc) is 2.76. The van der Waals surface area contributed by atoms with Gasteiger partial charge in [-0.25, -0.2) is 0 Å². The van der Waals surface area contributed by atoms with Gasteiger partial charge in [-0.05, 0) is 31.8 Å². The molecule has 1 unspecified atom stereocenters. The number of ether oxygens (including phenoxy) is 1. The summed E-state index contributed by atoms with van der Waals surface area (Å²) >= 11 is 0. The van der Waals surface area contributed by atoms with Crippen LogP contribution in [0.1, 0.15) is 32.6 Å². The Kier molecular flexibility index (Phi) is 7.17. The van der Waals surface area contributed by atoms with Crippen LogP contribution < -0.4 is 10.6 Å². The van der Waals surface area contributed by atoms with Crippen molar-refractivity contribution in [3.63, 3.8) is 0 Å². The summed E-state index contributed by atoms with van der Waals surface area (Å²) in [5.41, 5.74) is 0. The van der Waals surface area contributed by atoms with E-state index in [1.165, 1.54) is 0 Å². The molecule has 1 saturated heterocycles. The molecular formula is C12H24N2O2. The fourth-order valence-corrected chi connectivity index (χ4v) is 1.83. The Labute approximate surface area is 98.1 Å². The molecule has 1 fully saturated rings. The van der Waals surface area contributed by atoms with Crippen molar-refractivity contribution < 1.29 is 9.53 Å². The zero-order valence-electron chi connectivity index (χ0n) is 10.3. The third-order valence-electron chi connectivity index (χ3n) is 2.85. The predicted molar refractivity (Wildman–Crippen MR) is 64.3 cm³/mol. The maximum atomic E-state index is 11.5. The number of hydrogen-bond acceptors (Lipinski definition) is 3. The lowest BCUT2D eigenvalue weighted by Crippen LogP contribution is -2.29. The van der Waals surface area contributed by atoms with E-state index in [-0.39, 0.29) is 5.91 Å². The zero-order valence-corrected chi connectivity index (χ0v) is 10.3. The van der Waals surface area contributed by atoms with Crippen LogP contribution in [-0.4, -0.2) is 38.8 Å². The van der Waals surface area contributed by atoms with Crippen LogP contribution in [0.25, 0.3) is 0 Å². The highest BCUT2D eigenvalue weighted by Crippen LogP contribution is 2.11. The normalized spacial score (nSPS) is 19.9. The molecule has 0 aliphatic carbocycles. The van der Waals surface area contributed by atoms with Crippen molar-refractivity contribution in [3.8, 4) is 0 Å². The number of unbranched alkanes of at least 4 members (excludes halogenated alkanes) is 1. The quantitative estimate of drug-likeness (QED) is 0.607. The molecule has 1 heterocycles. The van der Waals surface area contributed by atoms with E-state index in [1.54, 1.807) is 0 Å². The van der Waals surface area contributed by atoms with Crippen LogP contribution >= 0.6 is 0 Å². The van der Waals surface area contributed by atoms with Crippen molar-refractivity contribution in [1.29, 1.82) is 0 Å². The van der Waals surface area contributed by atoms with Gasteiger partial charge in [0.15, 0.2) is 0 Å². The summed E-state index contributed by atoms with van der Waals surface area (Å²) < 4.78 is 5.37. The van der Waals surface area contributed by atoms with Gasteiger partial charge in [-0.3, -0.25) is 4.79 Å². The predicted octanol–water partition coefficient (Wildman–Crippen LogP) is 0.919. The molecule has 1 rings (SSSR count). The second-order valence-electron chi connectivity index (χ2n) is 4.38. The van der Waals surface area contributed by atoms with Crippen LogP contribution in [0.15, 0.2) is 0 Å². The average molecular weight is 228 g/mol. The standard InChI is InChI=1S/C12H24N2O2/c1-2-3-7-16-8-6-14-12(15)9-11-4-5-13-10-11/h11,13H,2-10H2,1H3,(H,14,15). The van der Waals surface area contributed by atoms with Crippen molar-refractivity contribution >= 4 is 5.91 Å². The maximum absolute atomic E-state index is 11.5. The molecule has 1 aliphatic heterocycles. The second kappa shape index (κ2) is 8.53. The third-order valence-corrected chi connectivity index (χ3v) is 2.85. The lowest BCUT2D eigenvalue weighted by Gasteiger charge is -2.09. The largest absolute Gasteiger partial charge is 0.380 e. The molecule has 0 aromatic rings. The Bertz CT molecular complexity index is 191. The highest BCUT2D eigenvalue weighted by molar-refractivity contribution is 5.76. The lowest BCUT2D eigenvalue weighted by atomic mass is 10.0. The van der Waals surface area contributed by atoms with Gasteiger partial charge in [-0.15, -0.1) is 0 Å². The summed E-state index contributed by atoms with van der Waals surface area (Å²) in [4.78, 5) is 11.5. The Morgan fingerprint density at radius 1 is 1.50 bits per heavy atom. The molecule has 16 heavy (non-hydrogen) atoms. The number of rotatable bonds is 8. The minimum absolute atomic E-state index is 0.160. The SMILES string of the molecule is CCCCOCCNC(=O)CC1CCNC1. The number of hydrogen-bond donors (Lipinski definition) is 2. The molecule has 0 aromatic heterocycles. The molecule has 0 aromatic carbocycles. The minimum atomic E-state index is 0.160. The summed E-state index contributed by atoms with van der Waals surface area (Å²) in [7, 11) is 0. The molecule has 0 bridgehead atoms. The van der Waals surface area contributed by atoms with Crippen LogP contribution in [0.2, 0.25) is 0 Å². The summed E-state index contributed by atoms with van der Waals surface area (Å²) in [6.45, 7) is 6.26. The van der Waals surface area contributed by atoms with E-state index < -0.39 is 0 Å². The fraction of sp³-hybridized carbons (Fsp3) is 0.917. The zero-order chi connectivity index (χ0) is 11.6. The summed E-state index contributed by atoms with van der Waals surface area (Å²) in [5.74, 6) is 0.689. The molecular weight excluding hydrogens is 204 g/mol. The number of nitrogens with one attached hydrogen (secondary N) is 2. The molecule has 2 N–H and O–H groups in total. The fourth-order valence-electron chi connectivity index (χ4n) is 1.83. The molecule has 4 heteroatoms. The van der Waals surface area contributed by atoms with Gasteiger partial charge < -0.3 is 15.4 Å². The Balaban J connectivity index is 1.89. The van der Waals surface area contributed by atoms with Crippen LogP contribution in [0, 0.1) is 5.92 Å². The van der Waals surface area contributed by atoms with E-state index in [9.17, 15) is 4.79 Å². The number of carbonyl (C=O) groups excluding carboxylic acids is 1. The Hall–Kier alpha value is -0.610. The first-order valence-corrected chi connectivity index (χ1v) is 6.38. The third kappa shape index (κ3) is 6.08. The van der Waals surface area contributed by atoms with E-state index >= 15 is 0 Å². The minimum Gasteiger partial charge on any atom is -0.380 e. The Morgan fingerprint density at radius 2 is 2.38 bits per heavy atom. The van der Waals surface area contributed by atoms with E-state index in [1.807, 2.05) is 0 Å². The van der Waals surface area contributed by atoms with E-state index in [0.29, 0.717) is 25.5 Å². The van der Waals surface area contributed by atoms with Gasteiger partial charge in [0.1, 0.15) is 0 Å². The van der Waals surface area contributed by atoms with E-state index in [2.05, 4.69) is 17.6 Å². The topological polar surface area (TPSA) is 50.4 Å². The van der Waals surface area contributed by atoms with E-state index in [0.717, 1.165) is 39.0 Å². The van der Waals surface area contributed by atoms with Crippen LogP contribution in [0.3, 0.4) is 0 Å². The first-order chi connectivity index (χ1) is 7.83. The van der Waals surface area contributed by atoms with Gasteiger partial charge in [0.05, 0.1) is 6.61 Å². The molecule has 1 atom stereocenters. The summed E-state index contributed by atoms with van der Waals surface area (Å²) in [6.07, 6.45) is 4.03. The van der Waals surface area contributed by atoms with Crippen molar-refractivity contribution in [2.75, 3.05) is 32.8 Å². The van der Waals surface area contributed by atoms with Gasteiger partial charge in [0, 0.05) is 19.6 Å². The second-order valence-corrected chi connectivity index (χ2v) is 4.38. The van der Waals surface area contributed by atoms with Crippen molar-refractivity contribution in [2.24, 2.45) is 5.92 Å². The first kappa shape index (κ1) is 13.5. The number of amides is 1. The van der Waals surface area contributed by atoms with Crippen molar-refractivity contribution in [2.45, 2.75) is 32.6 Å². The van der Waals surface area contributed by atoms with Gasteiger partial charge >= 0.3 is 0 Å². The molecule has 4 nitrogen and oxygen atoms in total. The van der Waals surface area contributed by atoms with Gasteiger partial charge in [-0.1, -0.05) is 13.3 Å². The Morgan fingerprint density at radius 3 is 3.06 bits per heavy atom. The lowest BCUT2D eigenvalue weighted by molar-refractivity contribution is -0.122. The summed E-state index contributed by atoms with van der Waals surface area (Å²) in [6, 6.07) is 0. The van der Waals surface area contributed by atoms with Crippen LogP contribution in [0.5, 0.6) is 0 Å². The maximum Gasteiger partial charge on any atom is 0.220 e. The van der Waals surface area contributed by atoms with Gasteiger partial charge in [-0.2, -0.15) is 0 Å². The molecule has 1 amide bonds. The molecule has 1 aliphatic rings. The first-order valence-electron chi connectivity index (χ1n) is 6.38. The monoisotopic (exact) mass is 228 g/mol. The summed E-state index contributed by atoms with van der Waals surface area (Å²) in [5, 5.41) is 6.16. The molecule has 0 radical (unpaired) electrons. The molecule has 0 spiro atoms. The van der Waals surface area contributed by atoms with Crippen LogP contribution in [0.4, 0.5) is 0 Å². The highest BCUT2D eigenvalue weighted by Gasteiger charge is 2.17. The molecule has 94 valence electrons. The number of carbonyl (C=O) groups is 1. The van der Waals surface area contributed by atoms with Crippen molar-refractivity contribution in [1.82, 2.24) is 10.6 Å². The smallest absolute Gasteiger partial charge is 0.220 e. The van der Waals surface area contributed by atoms with Crippen molar-refractivity contribution in [3.05, 3.63) is 0 Å². The molecule has 0 saturated carbocycles. The highest BCUT2D eigenvalue weighted by atomic mass is 16.5. The van der Waals surface area contributed by atoms with Crippen LogP contribution in [-0.2, 0) is 9.53 Å². The van der Waals surface area contributed by atoms with Gasteiger partial charge in [0.2, 0.25) is 5.91 Å².